The van der Waals surface area contributed by atoms with Crippen LogP contribution >= 0.6 is 0 Å². The molecule has 152 valence electrons. The number of fused-ring (bicyclic) bond motifs is 1. The van der Waals surface area contributed by atoms with E-state index in [1.807, 2.05) is 60.7 Å². The van der Waals surface area contributed by atoms with Crippen molar-refractivity contribution in [2.24, 2.45) is 0 Å². The van der Waals surface area contributed by atoms with E-state index in [1.54, 1.807) is 12.1 Å². The molecule has 2 N–H and O–H groups in total. The molecular formula is C23H20N2O4S. The Morgan fingerprint density at radius 1 is 0.833 bits per heavy atom. The average molecular weight is 420 g/mol. The van der Waals surface area contributed by atoms with Gasteiger partial charge in [0.05, 0.1) is 11.4 Å². The summed E-state index contributed by atoms with van der Waals surface area (Å²) in [7, 11) is -3.75. The summed E-state index contributed by atoms with van der Waals surface area (Å²) in [5, 5.41) is 3.72. The Hall–Kier alpha value is -3.42. The van der Waals surface area contributed by atoms with Crippen LogP contribution in [0.5, 0.6) is 0 Å². The molecule has 0 saturated carbocycles. The Morgan fingerprint density at radius 2 is 1.60 bits per heavy atom. The highest BCUT2D eigenvalue weighted by atomic mass is 32.2. The molecule has 4 rings (SSSR count). The zero-order valence-corrected chi connectivity index (χ0v) is 16.9. The van der Waals surface area contributed by atoms with Crippen LogP contribution in [0.2, 0.25) is 0 Å². The summed E-state index contributed by atoms with van der Waals surface area (Å²) in [6.07, 6.45) is 0. The lowest BCUT2D eigenvalue weighted by Gasteiger charge is -2.09. The van der Waals surface area contributed by atoms with Crippen molar-refractivity contribution < 1.29 is 17.6 Å². The zero-order chi connectivity index (χ0) is 21.0. The molecule has 0 aliphatic carbocycles. The molecule has 7 heteroatoms. The van der Waals surface area contributed by atoms with Crippen molar-refractivity contribution in [3.8, 4) is 0 Å². The first-order valence-corrected chi connectivity index (χ1v) is 10.9. The van der Waals surface area contributed by atoms with Gasteiger partial charge in [-0.3, -0.25) is 4.79 Å². The van der Waals surface area contributed by atoms with Gasteiger partial charge in [-0.25, -0.2) is 13.1 Å². The van der Waals surface area contributed by atoms with Crippen LogP contribution < -0.4 is 10.0 Å². The fourth-order valence-corrected chi connectivity index (χ4v) is 4.12. The van der Waals surface area contributed by atoms with E-state index in [-0.39, 0.29) is 29.5 Å². The quantitative estimate of drug-likeness (QED) is 0.475. The minimum Gasteiger partial charge on any atom is -0.459 e. The van der Waals surface area contributed by atoms with Gasteiger partial charge in [0.1, 0.15) is 11.3 Å². The number of nitrogens with one attached hydrogen (secondary N) is 2. The van der Waals surface area contributed by atoms with Crippen molar-refractivity contribution in [1.82, 2.24) is 10.0 Å². The largest absolute Gasteiger partial charge is 0.459 e. The summed E-state index contributed by atoms with van der Waals surface area (Å²) < 4.78 is 33.4. The molecule has 0 fully saturated rings. The number of benzene rings is 3. The van der Waals surface area contributed by atoms with E-state index in [0.717, 1.165) is 16.5 Å². The second-order valence-corrected chi connectivity index (χ2v) is 8.54. The molecule has 30 heavy (non-hydrogen) atoms. The summed E-state index contributed by atoms with van der Waals surface area (Å²) in [5.74, 6) is 0.244. The number of furan rings is 1. The fourth-order valence-electron chi connectivity index (χ4n) is 3.06. The molecule has 0 bridgehead atoms. The third-order valence-corrected chi connectivity index (χ3v) is 6.01. The van der Waals surface area contributed by atoms with Crippen LogP contribution in [0.3, 0.4) is 0 Å². The highest BCUT2D eigenvalue weighted by Crippen LogP contribution is 2.19. The average Bonchev–Trinajstić information content (AvgIpc) is 3.20. The Balaban J connectivity index is 1.43. The van der Waals surface area contributed by atoms with E-state index < -0.39 is 10.0 Å². The Morgan fingerprint density at radius 3 is 2.40 bits per heavy atom. The first-order chi connectivity index (χ1) is 14.5. The molecule has 1 aromatic heterocycles. The monoisotopic (exact) mass is 420 g/mol. The van der Waals surface area contributed by atoms with Crippen molar-refractivity contribution >= 4 is 26.9 Å². The fraction of sp³-hybridized carbons (Fsp3) is 0.0870. The molecule has 0 saturated heterocycles. The summed E-state index contributed by atoms with van der Waals surface area (Å²) in [5.41, 5.74) is 1.86. The van der Waals surface area contributed by atoms with E-state index in [2.05, 4.69) is 10.0 Å². The minimum atomic E-state index is -3.75. The third-order valence-electron chi connectivity index (χ3n) is 4.62. The van der Waals surface area contributed by atoms with Crippen molar-refractivity contribution in [3.63, 3.8) is 0 Å². The second-order valence-electron chi connectivity index (χ2n) is 6.77. The third kappa shape index (κ3) is 4.59. The van der Waals surface area contributed by atoms with Crippen molar-refractivity contribution in [2.75, 3.05) is 0 Å². The van der Waals surface area contributed by atoms with E-state index >= 15 is 0 Å². The van der Waals surface area contributed by atoms with Crippen molar-refractivity contribution in [1.29, 1.82) is 0 Å². The Labute approximate surface area is 174 Å². The number of rotatable bonds is 7. The molecule has 1 heterocycles. The standard InChI is InChI=1S/C23H20N2O4S/c26-23(24-16-20-13-18-9-4-5-12-22(18)29-20)19-10-6-11-21(14-19)30(27,28)25-15-17-7-2-1-3-8-17/h1-14,25H,15-16H2,(H,24,26). The van der Waals surface area contributed by atoms with Gasteiger partial charge in [0.25, 0.3) is 5.91 Å². The molecule has 4 aromatic rings. The number of sulfonamides is 1. The molecule has 3 aromatic carbocycles. The number of carbonyl (C=O) groups excluding carboxylic acids is 1. The maximum absolute atomic E-state index is 12.6. The number of amides is 1. The van der Waals surface area contributed by atoms with Gasteiger partial charge in [-0.2, -0.15) is 0 Å². The van der Waals surface area contributed by atoms with Crippen LogP contribution in [0.4, 0.5) is 0 Å². The van der Waals surface area contributed by atoms with Gasteiger partial charge in [0, 0.05) is 17.5 Å². The van der Waals surface area contributed by atoms with Crippen LogP contribution in [0.25, 0.3) is 11.0 Å². The van der Waals surface area contributed by atoms with Gasteiger partial charge in [0.2, 0.25) is 10.0 Å². The Kier molecular flexibility index (Phi) is 5.65. The molecule has 0 spiro atoms. The lowest BCUT2D eigenvalue weighted by molar-refractivity contribution is 0.0948. The van der Waals surface area contributed by atoms with Crippen LogP contribution in [0.1, 0.15) is 21.7 Å². The van der Waals surface area contributed by atoms with Gasteiger partial charge >= 0.3 is 0 Å². The van der Waals surface area contributed by atoms with Crippen LogP contribution in [0.15, 0.2) is 94.2 Å². The van der Waals surface area contributed by atoms with Crippen LogP contribution in [-0.2, 0) is 23.1 Å². The number of hydrogen-bond donors (Lipinski definition) is 2. The Bertz CT molecular complexity index is 1250. The predicted octanol–water partition coefficient (Wildman–Crippen LogP) is 3.84. The van der Waals surface area contributed by atoms with E-state index in [9.17, 15) is 13.2 Å². The van der Waals surface area contributed by atoms with Crippen molar-refractivity contribution in [2.45, 2.75) is 18.0 Å². The maximum Gasteiger partial charge on any atom is 0.251 e. The molecule has 6 nitrogen and oxygen atoms in total. The summed E-state index contributed by atoms with van der Waals surface area (Å²) in [4.78, 5) is 12.6. The summed E-state index contributed by atoms with van der Waals surface area (Å²) >= 11 is 0. The predicted molar refractivity (Wildman–Crippen MR) is 114 cm³/mol. The molecule has 0 unspecified atom stereocenters. The molecule has 0 aliphatic rings. The highest BCUT2D eigenvalue weighted by Gasteiger charge is 2.16. The van der Waals surface area contributed by atoms with Gasteiger partial charge in [-0.1, -0.05) is 54.6 Å². The molecular weight excluding hydrogens is 400 g/mol. The second kappa shape index (κ2) is 8.52. The van der Waals surface area contributed by atoms with Crippen LogP contribution in [0, 0.1) is 0 Å². The van der Waals surface area contributed by atoms with Crippen molar-refractivity contribution in [3.05, 3.63) is 102 Å². The first-order valence-electron chi connectivity index (χ1n) is 9.40. The van der Waals surface area contributed by atoms with Gasteiger partial charge in [0.15, 0.2) is 0 Å². The smallest absolute Gasteiger partial charge is 0.251 e. The van der Waals surface area contributed by atoms with Gasteiger partial charge in [-0.15, -0.1) is 0 Å². The number of carbonyl (C=O) groups is 1. The van der Waals surface area contributed by atoms with E-state index in [0.29, 0.717) is 5.76 Å². The number of hydrogen-bond acceptors (Lipinski definition) is 4. The van der Waals surface area contributed by atoms with Gasteiger partial charge < -0.3 is 9.73 Å². The van der Waals surface area contributed by atoms with Crippen LogP contribution in [-0.4, -0.2) is 14.3 Å². The number of para-hydroxylation sites is 1. The van der Waals surface area contributed by atoms with E-state index in [1.165, 1.54) is 12.1 Å². The van der Waals surface area contributed by atoms with E-state index in [4.69, 9.17) is 4.42 Å². The molecule has 0 atom stereocenters. The van der Waals surface area contributed by atoms with Gasteiger partial charge in [-0.05, 0) is 35.9 Å². The molecule has 0 aliphatic heterocycles. The summed E-state index contributed by atoms with van der Waals surface area (Å²) in [6, 6.07) is 24.6. The maximum atomic E-state index is 12.6. The normalized spacial score (nSPS) is 11.5. The topological polar surface area (TPSA) is 88.4 Å². The zero-order valence-electron chi connectivity index (χ0n) is 16.0. The molecule has 1 amide bonds. The summed E-state index contributed by atoms with van der Waals surface area (Å²) in [6.45, 7) is 0.377. The first kappa shape index (κ1) is 19.9. The lowest BCUT2D eigenvalue weighted by atomic mass is 10.2. The molecule has 0 radical (unpaired) electrons. The lowest BCUT2D eigenvalue weighted by Crippen LogP contribution is -2.25. The SMILES string of the molecule is O=C(NCc1cc2ccccc2o1)c1cccc(S(=O)(=O)NCc2ccccc2)c1. The minimum absolute atomic E-state index is 0.0369. The highest BCUT2D eigenvalue weighted by molar-refractivity contribution is 7.89.